The third-order valence-electron chi connectivity index (χ3n) is 4.44. The molecule has 2 aromatic carbocycles. The Morgan fingerprint density at radius 2 is 1.89 bits per heavy atom. The summed E-state index contributed by atoms with van der Waals surface area (Å²) in [6, 6.07) is 19.1. The second kappa shape index (κ2) is 7.69. The van der Waals surface area contributed by atoms with Crippen molar-refractivity contribution in [2.24, 2.45) is 0 Å². The molecule has 1 aromatic heterocycles. The Bertz CT molecular complexity index is 1050. The van der Waals surface area contributed by atoms with Crippen LogP contribution in [-0.4, -0.2) is 15.7 Å². The first-order valence-corrected chi connectivity index (χ1v) is 9.23. The lowest BCUT2D eigenvalue weighted by Gasteiger charge is -2.14. The summed E-state index contributed by atoms with van der Waals surface area (Å²) in [5, 5.41) is 16.6. The minimum Gasteiger partial charge on any atom is -0.306 e. The van der Waals surface area contributed by atoms with Crippen LogP contribution in [0.4, 0.5) is 5.82 Å². The van der Waals surface area contributed by atoms with Crippen LogP contribution in [0.25, 0.3) is 5.69 Å². The molecule has 0 aliphatic carbocycles. The summed E-state index contributed by atoms with van der Waals surface area (Å²) in [5.74, 6) is 0.389. The number of nitrogens with zero attached hydrogens (tertiary/aromatic N) is 3. The number of aryl methyl sites for hydroxylation is 1. The summed E-state index contributed by atoms with van der Waals surface area (Å²) in [6.45, 7) is 8.29. The zero-order chi connectivity index (χ0) is 20.3. The SMILES string of the molecule is Cc1cccc(-n2nc(C(C)(C)C)cc2NC(=O)c2cccc(CC#N)c2)c1. The fourth-order valence-electron chi connectivity index (χ4n) is 2.90. The van der Waals surface area contributed by atoms with Gasteiger partial charge in [0.05, 0.1) is 23.9 Å². The van der Waals surface area contributed by atoms with Crippen LogP contribution < -0.4 is 5.32 Å². The molecule has 28 heavy (non-hydrogen) atoms. The number of nitriles is 1. The fourth-order valence-corrected chi connectivity index (χ4v) is 2.90. The standard InChI is InChI=1S/C23H24N4O/c1-16-7-5-10-19(13-16)27-21(15-20(26-27)23(2,3)4)25-22(28)18-9-6-8-17(14-18)11-12-24/h5-10,13-15H,11H2,1-4H3,(H,25,28). The quantitative estimate of drug-likeness (QED) is 0.715. The first-order valence-electron chi connectivity index (χ1n) is 9.23. The van der Waals surface area contributed by atoms with E-state index < -0.39 is 0 Å². The van der Waals surface area contributed by atoms with E-state index in [1.807, 2.05) is 43.3 Å². The molecule has 5 heteroatoms. The van der Waals surface area contributed by atoms with Crippen molar-refractivity contribution in [1.82, 2.24) is 9.78 Å². The van der Waals surface area contributed by atoms with Crippen LogP contribution in [0.1, 0.15) is 48.0 Å². The van der Waals surface area contributed by atoms with Crippen molar-refractivity contribution in [1.29, 1.82) is 5.26 Å². The van der Waals surface area contributed by atoms with E-state index in [4.69, 9.17) is 10.4 Å². The highest BCUT2D eigenvalue weighted by atomic mass is 16.1. The maximum Gasteiger partial charge on any atom is 0.256 e. The Morgan fingerprint density at radius 1 is 1.14 bits per heavy atom. The van der Waals surface area contributed by atoms with Crippen LogP contribution in [0, 0.1) is 18.3 Å². The number of nitrogens with one attached hydrogen (secondary N) is 1. The van der Waals surface area contributed by atoms with Crippen LogP contribution >= 0.6 is 0 Å². The number of aromatic nitrogens is 2. The molecule has 1 N–H and O–H groups in total. The predicted octanol–water partition coefficient (Wildman–Crippen LogP) is 4.80. The minimum absolute atomic E-state index is 0.152. The molecule has 0 bridgehead atoms. The van der Waals surface area contributed by atoms with Gasteiger partial charge in [-0.3, -0.25) is 4.79 Å². The average molecular weight is 372 g/mol. The Hall–Kier alpha value is -3.39. The molecule has 3 rings (SSSR count). The van der Waals surface area contributed by atoms with Crippen molar-refractivity contribution in [3.63, 3.8) is 0 Å². The molecular formula is C23H24N4O. The van der Waals surface area contributed by atoms with Crippen molar-refractivity contribution in [3.8, 4) is 11.8 Å². The van der Waals surface area contributed by atoms with Gasteiger partial charge in [-0.2, -0.15) is 10.4 Å². The van der Waals surface area contributed by atoms with Crippen molar-refractivity contribution >= 4 is 11.7 Å². The van der Waals surface area contributed by atoms with Crippen LogP contribution in [0.2, 0.25) is 0 Å². The van der Waals surface area contributed by atoms with Crippen LogP contribution in [0.3, 0.4) is 0 Å². The van der Waals surface area contributed by atoms with Crippen LogP contribution in [0.15, 0.2) is 54.6 Å². The molecule has 0 saturated heterocycles. The molecule has 0 unspecified atom stereocenters. The van der Waals surface area contributed by atoms with E-state index >= 15 is 0 Å². The van der Waals surface area contributed by atoms with Gasteiger partial charge in [-0.05, 0) is 42.3 Å². The molecule has 0 aliphatic rings. The second-order valence-corrected chi connectivity index (χ2v) is 7.91. The number of carbonyl (C=O) groups is 1. The number of hydrogen-bond acceptors (Lipinski definition) is 3. The van der Waals surface area contributed by atoms with E-state index in [9.17, 15) is 4.79 Å². The summed E-state index contributed by atoms with van der Waals surface area (Å²) >= 11 is 0. The number of anilines is 1. The van der Waals surface area contributed by atoms with Crippen molar-refractivity contribution in [2.75, 3.05) is 5.32 Å². The highest BCUT2D eigenvalue weighted by molar-refractivity contribution is 6.04. The van der Waals surface area contributed by atoms with Gasteiger partial charge in [0.15, 0.2) is 0 Å². The minimum atomic E-state index is -0.228. The predicted molar refractivity (Wildman–Crippen MR) is 111 cm³/mol. The van der Waals surface area contributed by atoms with E-state index in [0.717, 1.165) is 22.5 Å². The largest absolute Gasteiger partial charge is 0.306 e. The average Bonchev–Trinajstić information content (AvgIpc) is 3.06. The van der Waals surface area contributed by atoms with E-state index in [0.29, 0.717) is 11.4 Å². The first kappa shape index (κ1) is 19.4. The lowest BCUT2D eigenvalue weighted by atomic mass is 9.92. The maximum atomic E-state index is 12.8. The molecule has 3 aromatic rings. The molecule has 0 atom stereocenters. The number of benzene rings is 2. The summed E-state index contributed by atoms with van der Waals surface area (Å²) in [5.41, 5.74) is 4.08. The van der Waals surface area contributed by atoms with Gasteiger partial charge in [0.2, 0.25) is 0 Å². The van der Waals surface area contributed by atoms with Crippen LogP contribution in [0.5, 0.6) is 0 Å². The number of carbonyl (C=O) groups excluding carboxylic acids is 1. The Balaban J connectivity index is 1.99. The number of rotatable bonds is 4. The lowest BCUT2D eigenvalue weighted by Crippen LogP contribution is -2.15. The van der Waals surface area contributed by atoms with Gasteiger partial charge < -0.3 is 5.32 Å². The molecule has 1 heterocycles. The van der Waals surface area contributed by atoms with Crippen molar-refractivity contribution < 1.29 is 4.79 Å². The highest BCUT2D eigenvalue weighted by Crippen LogP contribution is 2.27. The molecule has 5 nitrogen and oxygen atoms in total. The van der Waals surface area contributed by atoms with E-state index in [1.54, 1.807) is 22.9 Å². The van der Waals surface area contributed by atoms with Gasteiger partial charge in [0.1, 0.15) is 5.82 Å². The van der Waals surface area contributed by atoms with Gasteiger partial charge in [0, 0.05) is 17.0 Å². The normalized spacial score (nSPS) is 11.1. The van der Waals surface area contributed by atoms with Crippen molar-refractivity contribution in [3.05, 3.63) is 77.0 Å². The molecule has 0 aliphatic heterocycles. The molecule has 1 amide bonds. The highest BCUT2D eigenvalue weighted by Gasteiger charge is 2.22. The Labute approximate surface area is 165 Å². The van der Waals surface area contributed by atoms with Gasteiger partial charge >= 0.3 is 0 Å². The zero-order valence-corrected chi connectivity index (χ0v) is 16.7. The van der Waals surface area contributed by atoms with Gasteiger partial charge in [-0.25, -0.2) is 4.68 Å². The number of hydrogen-bond donors (Lipinski definition) is 1. The molecule has 0 fully saturated rings. The van der Waals surface area contributed by atoms with Gasteiger partial charge in [0.25, 0.3) is 5.91 Å². The second-order valence-electron chi connectivity index (χ2n) is 7.91. The van der Waals surface area contributed by atoms with Crippen molar-refractivity contribution in [2.45, 2.75) is 39.5 Å². The van der Waals surface area contributed by atoms with E-state index in [-0.39, 0.29) is 17.7 Å². The lowest BCUT2D eigenvalue weighted by molar-refractivity contribution is 0.102. The molecule has 0 spiro atoms. The van der Waals surface area contributed by atoms with E-state index in [2.05, 4.69) is 32.2 Å². The monoisotopic (exact) mass is 372 g/mol. The summed E-state index contributed by atoms with van der Waals surface area (Å²) in [4.78, 5) is 12.8. The molecular weight excluding hydrogens is 348 g/mol. The molecule has 0 radical (unpaired) electrons. The third kappa shape index (κ3) is 4.29. The zero-order valence-electron chi connectivity index (χ0n) is 16.7. The topological polar surface area (TPSA) is 70.7 Å². The van der Waals surface area contributed by atoms with E-state index in [1.165, 1.54) is 0 Å². The van der Waals surface area contributed by atoms with Gasteiger partial charge in [-0.15, -0.1) is 0 Å². The Kier molecular flexibility index (Phi) is 5.32. The number of amides is 1. The summed E-state index contributed by atoms with van der Waals surface area (Å²) in [6.07, 6.45) is 0.274. The third-order valence-corrected chi connectivity index (χ3v) is 4.44. The smallest absolute Gasteiger partial charge is 0.256 e. The fraction of sp³-hybridized carbons (Fsp3) is 0.261. The molecule has 142 valence electrons. The van der Waals surface area contributed by atoms with Crippen LogP contribution in [-0.2, 0) is 11.8 Å². The Morgan fingerprint density at radius 3 is 2.57 bits per heavy atom. The van der Waals surface area contributed by atoms with Gasteiger partial charge in [-0.1, -0.05) is 45.0 Å². The maximum absolute atomic E-state index is 12.8. The summed E-state index contributed by atoms with van der Waals surface area (Å²) < 4.78 is 1.77. The molecule has 0 saturated carbocycles. The summed E-state index contributed by atoms with van der Waals surface area (Å²) in [7, 11) is 0. The first-order chi connectivity index (χ1) is 13.3.